The van der Waals surface area contributed by atoms with Gasteiger partial charge in [-0.2, -0.15) is 5.21 Å². The molecule has 5 rings (SSSR count). The van der Waals surface area contributed by atoms with Crippen molar-refractivity contribution in [3.05, 3.63) is 5.82 Å². The number of carbonyl (C=O) groups is 6. The fraction of sp³-hybridized carbons (Fsp3) is 0.811. The number of H-pyrrole nitrogens is 1. The number of carbonyl (C=O) groups excluding carboxylic acids is 6. The van der Waals surface area contributed by atoms with Gasteiger partial charge in [-0.3, -0.25) is 28.8 Å². The summed E-state index contributed by atoms with van der Waals surface area (Å²) in [4.78, 5) is 83.9. The van der Waals surface area contributed by atoms with E-state index < -0.39 is 35.1 Å². The molecule has 2 heterocycles. The number of Topliss-reactive ketones (excluding diaryl/α,β-unsaturated/α-hetero) is 4. The molecule has 6 atom stereocenters. The number of nitrogens with zero attached hydrogens (tertiary/aromatic N) is 4. The Balaban J connectivity index is 1.34. The maximum absolute atomic E-state index is 14.6. The van der Waals surface area contributed by atoms with E-state index in [1.54, 1.807) is 4.90 Å². The Bertz CT molecular complexity index is 1360. The quantitative estimate of drug-likeness (QED) is 0.227. The summed E-state index contributed by atoms with van der Waals surface area (Å²) in [7, 11) is 0. The van der Waals surface area contributed by atoms with Gasteiger partial charge in [-0.25, -0.2) is 0 Å². The molecule has 1 unspecified atom stereocenters. The molecule has 3 saturated carbocycles. The third kappa shape index (κ3) is 9.28. The minimum absolute atomic E-state index is 0.00469. The van der Waals surface area contributed by atoms with Crippen molar-refractivity contribution >= 4 is 34.9 Å². The number of rotatable bonds is 17. The minimum atomic E-state index is -0.916. The number of hydrogen-bond donors (Lipinski definition) is 2. The van der Waals surface area contributed by atoms with Crippen molar-refractivity contribution in [1.82, 2.24) is 30.8 Å². The first-order valence-electron chi connectivity index (χ1n) is 18.8. The van der Waals surface area contributed by atoms with E-state index in [9.17, 15) is 28.8 Å². The Hall–Kier alpha value is -3.31. The number of likely N-dealkylation sites (tertiary alicyclic amines) is 1. The number of ketones is 4. The van der Waals surface area contributed by atoms with Crippen molar-refractivity contribution in [2.24, 2.45) is 40.9 Å². The zero-order valence-electron chi connectivity index (χ0n) is 29.9. The standard InChI is InChI=1S/C37H56N6O6/c1-5-10-24(33(47)30(46)17-22-15-16-22)18-29(45)32-27-14-9-13-25(27)21-43(32)36(49)34(37(2,3)4)38-35(48)28(23-11-7-6-8-12-23)19-26(44)20-31-39-41-42-40-31/h22-25,27-28,32,34H,5-21H2,1-4H3,(H,38,48)(H,39,40,41,42)/t24-,25?,27+,28+,32+,34-/m1/s1. The third-order valence-electron chi connectivity index (χ3n) is 11.6. The molecule has 1 saturated heterocycles. The lowest BCUT2D eigenvalue weighted by Crippen LogP contribution is -2.58. The number of amides is 2. The van der Waals surface area contributed by atoms with E-state index in [-0.39, 0.29) is 78.4 Å². The number of aromatic amines is 1. The van der Waals surface area contributed by atoms with Crippen molar-refractivity contribution in [3.63, 3.8) is 0 Å². The van der Waals surface area contributed by atoms with Crippen LogP contribution in [0, 0.1) is 40.9 Å². The van der Waals surface area contributed by atoms with Gasteiger partial charge in [0.1, 0.15) is 11.8 Å². The summed E-state index contributed by atoms with van der Waals surface area (Å²) in [5, 5.41) is 16.8. The van der Waals surface area contributed by atoms with Gasteiger partial charge in [-0.15, -0.1) is 10.2 Å². The smallest absolute Gasteiger partial charge is 0.246 e. The van der Waals surface area contributed by atoms with Gasteiger partial charge in [0.05, 0.1) is 12.5 Å². The van der Waals surface area contributed by atoms with Crippen molar-refractivity contribution < 1.29 is 28.8 Å². The van der Waals surface area contributed by atoms with Crippen LogP contribution in [0.3, 0.4) is 0 Å². The Morgan fingerprint density at radius 2 is 1.67 bits per heavy atom. The van der Waals surface area contributed by atoms with Gasteiger partial charge in [-0.05, 0) is 74.0 Å². The minimum Gasteiger partial charge on any atom is -0.344 e. The largest absolute Gasteiger partial charge is 0.344 e. The molecular weight excluding hydrogens is 624 g/mol. The van der Waals surface area contributed by atoms with E-state index in [0.29, 0.717) is 25.3 Å². The number of hydrogen-bond acceptors (Lipinski definition) is 9. The molecule has 12 heteroatoms. The van der Waals surface area contributed by atoms with E-state index in [1.165, 1.54) is 0 Å². The molecule has 0 bridgehead atoms. The topological polar surface area (TPSA) is 172 Å². The van der Waals surface area contributed by atoms with Crippen LogP contribution in [0.5, 0.6) is 0 Å². The average Bonchev–Trinajstić information content (AvgIpc) is 3.38. The highest BCUT2D eigenvalue weighted by molar-refractivity contribution is 6.38. The van der Waals surface area contributed by atoms with Gasteiger partial charge < -0.3 is 10.2 Å². The van der Waals surface area contributed by atoms with Gasteiger partial charge >= 0.3 is 0 Å². The molecule has 4 aliphatic rings. The summed E-state index contributed by atoms with van der Waals surface area (Å²) < 4.78 is 0. The van der Waals surface area contributed by atoms with Crippen LogP contribution in [-0.2, 0) is 35.2 Å². The Kier molecular flexibility index (Phi) is 12.2. The summed E-state index contributed by atoms with van der Waals surface area (Å²) in [6, 6.07) is -1.60. The zero-order chi connectivity index (χ0) is 35.3. The van der Waals surface area contributed by atoms with Crippen LogP contribution in [0.25, 0.3) is 0 Å². The first kappa shape index (κ1) is 37.0. The molecule has 1 aromatic heterocycles. The summed E-state index contributed by atoms with van der Waals surface area (Å²) in [5.41, 5.74) is -0.681. The lowest BCUT2D eigenvalue weighted by Gasteiger charge is -2.38. The second-order valence-electron chi connectivity index (χ2n) is 16.4. The molecule has 0 radical (unpaired) electrons. The normalized spacial score (nSPS) is 24.6. The van der Waals surface area contributed by atoms with Gasteiger partial charge in [0.2, 0.25) is 17.6 Å². The van der Waals surface area contributed by atoms with Crippen LogP contribution in [0.15, 0.2) is 0 Å². The highest BCUT2D eigenvalue weighted by atomic mass is 16.2. The van der Waals surface area contributed by atoms with Crippen molar-refractivity contribution in [3.8, 4) is 0 Å². The zero-order valence-corrected chi connectivity index (χ0v) is 29.9. The SMILES string of the molecule is CCC[C@H](CC(=O)[C@@H]1[C@H]2CCCC2CN1C(=O)[C@@H](NC(=O)[C@@H](CC(=O)Cc1nn[nH]n1)C1CCCCC1)C(C)(C)C)C(=O)C(=O)CC1CC1. The molecular formula is C37H56N6O6. The van der Waals surface area contributed by atoms with Crippen LogP contribution < -0.4 is 5.32 Å². The van der Waals surface area contributed by atoms with Crippen molar-refractivity contribution in [2.45, 2.75) is 143 Å². The van der Waals surface area contributed by atoms with Gasteiger partial charge in [0.15, 0.2) is 17.4 Å². The van der Waals surface area contributed by atoms with Crippen LogP contribution in [-0.4, -0.2) is 79.1 Å². The average molecular weight is 681 g/mol. The molecule has 2 amide bonds. The van der Waals surface area contributed by atoms with Gasteiger partial charge in [0, 0.05) is 37.6 Å². The first-order chi connectivity index (χ1) is 23.4. The Morgan fingerprint density at radius 1 is 0.939 bits per heavy atom. The lowest BCUT2D eigenvalue weighted by atomic mass is 9.76. The fourth-order valence-electron chi connectivity index (χ4n) is 8.72. The molecule has 12 nitrogen and oxygen atoms in total. The summed E-state index contributed by atoms with van der Waals surface area (Å²) in [5.74, 6) is -2.21. The summed E-state index contributed by atoms with van der Waals surface area (Å²) in [6.45, 7) is 8.10. The highest BCUT2D eigenvalue weighted by Gasteiger charge is 2.52. The highest BCUT2D eigenvalue weighted by Crippen LogP contribution is 2.44. The van der Waals surface area contributed by atoms with E-state index in [2.05, 4.69) is 25.9 Å². The Labute approximate surface area is 290 Å². The van der Waals surface area contributed by atoms with Crippen LogP contribution in [0.1, 0.15) is 130 Å². The Morgan fingerprint density at radius 3 is 2.31 bits per heavy atom. The number of fused-ring (bicyclic) bond motifs is 1. The molecule has 0 spiro atoms. The molecule has 270 valence electrons. The molecule has 1 aromatic rings. The van der Waals surface area contributed by atoms with Crippen molar-refractivity contribution in [2.75, 3.05) is 6.54 Å². The predicted octanol–water partition coefficient (Wildman–Crippen LogP) is 4.37. The van der Waals surface area contributed by atoms with Crippen LogP contribution >= 0.6 is 0 Å². The molecule has 2 N–H and O–H groups in total. The van der Waals surface area contributed by atoms with E-state index in [1.807, 2.05) is 27.7 Å². The van der Waals surface area contributed by atoms with E-state index in [4.69, 9.17) is 0 Å². The lowest BCUT2D eigenvalue weighted by molar-refractivity contribution is -0.146. The van der Waals surface area contributed by atoms with E-state index >= 15 is 0 Å². The van der Waals surface area contributed by atoms with Gasteiger partial charge in [-0.1, -0.05) is 65.0 Å². The summed E-state index contributed by atoms with van der Waals surface area (Å²) >= 11 is 0. The number of tetrazole rings is 1. The van der Waals surface area contributed by atoms with Crippen LogP contribution in [0.2, 0.25) is 0 Å². The fourth-order valence-corrected chi connectivity index (χ4v) is 8.72. The number of aromatic nitrogens is 4. The second-order valence-corrected chi connectivity index (χ2v) is 16.4. The molecule has 0 aromatic carbocycles. The molecule has 49 heavy (non-hydrogen) atoms. The third-order valence-corrected chi connectivity index (χ3v) is 11.6. The summed E-state index contributed by atoms with van der Waals surface area (Å²) in [6.07, 6.45) is 10.8. The predicted molar refractivity (Wildman–Crippen MR) is 181 cm³/mol. The van der Waals surface area contributed by atoms with Crippen molar-refractivity contribution in [1.29, 1.82) is 0 Å². The monoisotopic (exact) mass is 680 g/mol. The second kappa shape index (κ2) is 16.1. The number of nitrogens with one attached hydrogen (secondary N) is 2. The maximum atomic E-state index is 14.6. The van der Waals surface area contributed by atoms with Crippen LogP contribution in [0.4, 0.5) is 0 Å². The first-order valence-corrected chi connectivity index (χ1v) is 18.8. The maximum Gasteiger partial charge on any atom is 0.246 e. The van der Waals surface area contributed by atoms with Gasteiger partial charge in [0.25, 0.3) is 0 Å². The van der Waals surface area contributed by atoms with E-state index in [0.717, 1.165) is 64.2 Å². The molecule has 4 fully saturated rings. The molecule has 1 aliphatic heterocycles. The molecule has 3 aliphatic carbocycles.